The quantitative estimate of drug-likeness (QED) is 0.861. The molecule has 0 radical (unpaired) electrons. The Balaban J connectivity index is 1.63. The highest BCUT2D eigenvalue weighted by Gasteiger charge is 2.43. The molecule has 3 atom stereocenters. The summed E-state index contributed by atoms with van der Waals surface area (Å²) in [5.74, 6) is 1.47. The number of hydrogen-bond donors (Lipinski definition) is 1. The Bertz CT molecular complexity index is 658. The summed E-state index contributed by atoms with van der Waals surface area (Å²) in [5, 5.41) is 4.63. The fourth-order valence-corrected chi connectivity index (χ4v) is 3.21. The van der Waals surface area contributed by atoms with Gasteiger partial charge in [0.15, 0.2) is 5.82 Å². The van der Waals surface area contributed by atoms with Gasteiger partial charge in [-0.2, -0.15) is 4.98 Å². The first-order valence-corrected chi connectivity index (χ1v) is 7.13. The van der Waals surface area contributed by atoms with E-state index in [1.807, 2.05) is 6.07 Å². The first kappa shape index (κ1) is 12.2. The van der Waals surface area contributed by atoms with E-state index in [0.717, 1.165) is 30.7 Å². The fraction of sp³-hybridized carbons (Fsp3) is 0.429. The van der Waals surface area contributed by atoms with Gasteiger partial charge < -0.3 is 15.0 Å². The maximum Gasteiger partial charge on any atom is 0.258 e. The molecule has 0 saturated carbocycles. The lowest BCUT2D eigenvalue weighted by Gasteiger charge is -2.13. The van der Waals surface area contributed by atoms with Crippen LogP contribution in [0.15, 0.2) is 22.7 Å². The number of anilines is 1. The molecule has 6 heteroatoms. The Labute approximate surface area is 121 Å². The van der Waals surface area contributed by atoms with Gasteiger partial charge in [-0.15, -0.1) is 0 Å². The van der Waals surface area contributed by atoms with Crippen molar-refractivity contribution >= 4 is 17.3 Å². The second kappa shape index (κ2) is 4.46. The Morgan fingerprint density at radius 2 is 2.20 bits per heavy atom. The van der Waals surface area contributed by atoms with Crippen molar-refractivity contribution in [2.24, 2.45) is 0 Å². The van der Waals surface area contributed by atoms with E-state index in [2.05, 4.69) is 10.1 Å². The van der Waals surface area contributed by atoms with E-state index in [1.165, 1.54) is 0 Å². The molecule has 1 aromatic heterocycles. The molecule has 0 spiro atoms. The molecule has 2 aliphatic heterocycles. The Morgan fingerprint density at radius 1 is 1.30 bits per heavy atom. The molecule has 2 saturated heterocycles. The van der Waals surface area contributed by atoms with Crippen LogP contribution in [0.3, 0.4) is 0 Å². The molecule has 5 nitrogen and oxygen atoms in total. The second-order valence-electron chi connectivity index (χ2n) is 5.41. The van der Waals surface area contributed by atoms with Gasteiger partial charge in [-0.1, -0.05) is 16.8 Å². The van der Waals surface area contributed by atoms with Crippen molar-refractivity contribution in [3.8, 4) is 11.5 Å². The van der Waals surface area contributed by atoms with Gasteiger partial charge in [-0.25, -0.2) is 0 Å². The topological polar surface area (TPSA) is 74.2 Å². The number of rotatable bonds is 2. The lowest BCUT2D eigenvalue weighted by molar-refractivity contribution is 0.0996. The van der Waals surface area contributed by atoms with E-state index >= 15 is 0 Å². The summed E-state index contributed by atoms with van der Waals surface area (Å²) in [6.07, 6.45) is 3.86. The molecular weight excluding hydrogens is 278 g/mol. The van der Waals surface area contributed by atoms with Crippen molar-refractivity contribution in [1.29, 1.82) is 0 Å². The van der Waals surface area contributed by atoms with Gasteiger partial charge in [0.05, 0.1) is 28.8 Å². The zero-order valence-electron chi connectivity index (χ0n) is 10.8. The smallest absolute Gasteiger partial charge is 0.258 e. The largest absolute Gasteiger partial charge is 0.398 e. The van der Waals surface area contributed by atoms with Crippen LogP contribution < -0.4 is 5.73 Å². The van der Waals surface area contributed by atoms with Crippen LogP contribution in [0.5, 0.6) is 0 Å². The molecule has 0 amide bonds. The van der Waals surface area contributed by atoms with E-state index in [9.17, 15) is 0 Å². The summed E-state index contributed by atoms with van der Waals surface area (Å²) in [7, 11) is 0. The van der Waals surface area contributed by atoms with Crippen LogP contribution in [0.25, 0.3) is 11.5 Å². The third kappa shape index (κ3) is 1.89. The predicted molar refractivity (Wildman–Crippen MR) is 74.4 cm³/mol. The van der Waals surface area contributed by atoms with Gasteiger partial charge in [0.1, 0.15) is 0 Å². The molecule has 2 aliphatic rings. The normalized spacial score (nSPS) is 28.1. The van der Waals surface area contributed by atoms with Gasteiger partial charge in [-0.3, -0.25) is 0 Å². The predicted octanol–water partition coefficient (Wildman–Crippen LogP) is 3.01. The summed E-state index contributed by atoms with van der Waals surface area (Å²) in [4.78, 5) is 4.50. The average molecular weight is 292 g/mol. The minimum Gasteiger partial charge on any atom is -0.398 e. The number of halogens is 1. The van der Waals surface area contributed by atoms with Crippen LogP contribution in [-0.4, -0.2) is 22.3 Å². The van der Waals surface area contributed by atoms with E-state index < -0.39 is 0 Å². The second-order valence-corrected chi connectivity index (χ2v) is 5.82. The van der Waals surface area contributed by atoms with E-state index in [0.29, 0.717) is 22.7 Å². The van der Waals surface area contributed by atoms with Crippen LogP contribution in [0.4, 0.5) is 5.69 Å². The number of nitrogens with zero attached hydrogens (tertiary/aromatic N) is 2. The number of fused-ring (bicyclic) bond motifs is 2. The molecule has 2 N–H and O–H groups in total. The van der Waals surface area contributed by atoms with E-state index in [-0.39, 0.29) is 12.0 Å². The maximum absolute atomic E-state index is 5.91. The van der Waals surface area contributed by atoms with Crippen LogP contribution in [0.2, 0.25) is 5.02 Å². The molecular formula is C14H14ClN3O2. The first-order valence-electron chi connectivity index (χ1n) is 6.75. The highest BCUT2D eigenvalue weighted by atomic mass is 35.5. The number of benzene rings is 1. The summed E-state index contributed by atoms with van der Waals surface area (Å²) >= 11 is 5.91. The van der Waals surface area contributed by atoms with Gasteiger partial charge >= 0.3 is 0 Å². The van der Waals surface area contributed by atoms with Gasteiger partial charge in [-0.05, 0) is 37.5 Å². The zero-order chi connectivity index (χ0) is 13.7. The van der Waals surface area contributed by atoms with Crippen molar-refractivity contribution < 1.29 is 9.26 Å². The Morgan fingerprint density at radius 3 is 2.90 bits per heavy atom. The van der Waals surface area contributed by atoms with E-state index in [4.69, 9.17) is 26.6 Å². The molecule has 4 rings (SSSR count). The van der Waals surface area contributed by atoms with Crippen molar-refractivity contribution in [3.05, 3.63) is 29.0 Å². The number of ether oxygens (including phenoxy) is 1. The highest BCUT2D eigenvalue weighted by Crippen LogP contribution is 2.43. The highest BCUT2D eigenvalue weighted by molar-refractivity contribution is 6.33. The fourth-order valence-electron chi connectivity index (χ4n) is 3.09. The minimum atomic E-state index is 0.251. The number of nitrogens with two attached hydrogens (primary N) is 1. The monoisotopic (exact) mass is 291 g/mol. The van der Waals surface area contributed by atoms with Crippen molar-refractivity contribution in [1.82, 2.24) is 10.1 Å². The standard InChI is InChI=1S/C14H14ClN3O2/c15-10-3-1-7(5-11(10)16)14-17-13(18-20-14)9-6-8-2-4-12(9)19-8/h1,3,5,8-9,12H,2,4,6,16H2. The third-order valence-electron chi connectivity index (χ3n) is 4.12. The average Bonchev–Trinajstić information content (AvgIpc) is 3.16. The third-order valence-corrected chi connectivity index (χ3v) is 4.47. The van der Waals surface area contributed by atoms with Crippen LogP contribution in [-0.2, 0) is 4.74 Å². The lowest BCUT2D eigenvalue weighted by atomic mass is 9.89. The van der Waals surface area contributed by atoms with Gasteiger partial charge in [0.25, 0.3) is 5.89 Å². The molecule has 3 unspecified atom stereocenters. The van der Waals surface area contributed by atoms with Crippen LogP contribution >= 0.6 is 11.6 Å². The zero-order valence-corrected chi connectivity index (χ0v) is 11.5. The summed E-state index contributed by atoms with van der Waals surface area (Å²) in [5.41, 5.74) is 7.09. The van der Waals surface area contributed by atoms with Crippen LogP contribution in [0.1, 0.15) is 31.0 Å². The SMILES string of the molecule is Nc1cc(-c2nc(C3CC4CCC3O4)no2)ccc1Cl. The maximum atomic E-state index is 5.91. The minimum absolute atomic E-state index is 0.251. The van der Waals surface area contributed by atoms with E-state index in [1.54, 1.807) is 12.1 Å². The number of hydrogen-bond acceptors (Lipinski definition) is 5. The number of nitrogen functional groups attached to an aromatic ring is 1. The molecule has 2 aromatic rings. The molecule has 2 bridgehead atoms. The molecule has 20 heavy (non-hydrogen) atoms. The van der Waals surface area contributed by atoms with Crippen LogP contribution in [0, 0.1) is 0 Å². The molecule has 1 aromatic carbocycles. The summed E-state index contributed by atoms with van der Waals surface area (Å²) in [6, 6.07) is 5.31. The van der Waals surface area contributed by atoms with Crippen molar-refractivity contribution in [2.75, 3.05) is 5.73 Å². The molecule has 104 valence electrons. The molecule has 2 fully saturated rings. The van der Waals surface area contributed by atoms with Gasteiger partial charge in [0, 0.05) is 5.56 Å². The first-order chi connectivity index (χ1) is 9.70. The number of aromatic nitrogens is 2. The molecule has 0 aliphatic carbocycles. The van der Waals surface area contributed by atoms with Crippen molar-refractivity contribution in [2.45, 2.75) is 37.4 Å². The summed E-state index contributed by atoms with van der Waals surface area (Å²) < 4.78 is 11.2. The van der Waals surface area contributed by atoms with Gasteiger partial charge in [0.2, 0.25) is 0 Å². The Kier molecular flexibility index (Phi) is 2.72. The molecule has 3 heterocycles. The summed E-state index contributed by atoms with van der Waals surface area (Å²) in [6.45, 7) is 0. The Hall–Kier alpha value is -1.59. The van der Waals surface area contributed by atoms with Crippen molar-refractivity contribution in [3.63, 3.8) is 0 Å². The lowest BCUT2D eigenvalue weighted by Crippen LogP contribution is -2.15.